The number of ether oxygens (including phenoxy) is 1. The summed E-state index contributed by atoms with van der Waals surface area (Å²) in [6.45, 7) is 4.59. The van der Waals surface area contributed by atoms with Crippen molar-refractivity contribution in [2.45, 2.75) is 32.0 Å². The van der Waals surface area contributed by atoms with E-state index in [1.807, 2.05) is 36.4 Å². The summed E-state index contributed by atoms with van der Waals surface area (Å²) in [7, 11) is 2.14. The van der Waals surface area contributed by atoms with Gasteiger partial charge < -0.3 is 20.7 Å². The summed E-state index contributed by atoms with van der Waals surface area (Å²) < 4.78 is 5.87. The number of hydrogen-bond donors (Lipinski definition) is 3. The molecule has 2 atom stereocenters. The summed E-state index contributed by atoms with van der Waals surface area (Å²) in [5.41, 5.74) is 16.6. The number of aliphatic imine (C=N–C) groups is 1. The average molecular weight is 515 g/mol. The Morgan fingerprint density at radius 1 is 1.22 bits per heavy atom. The predicted octanol–water partition coefficient (Wildman–Crippen LogP) is 4.59. The lowest BCUT2D eigenvalue weighted by atomic mass is 9.82. The maximum atomic E-state index is 6.88. The van der Waals surface area contributed by atoms with Gasteiger partial charge in [-0.25, -0.2) is 4.99 Å². The van der Waals surface area contributed by atoms with E-state index in [2.05, 4.69) is 46.0 Å². The van der Waals surface area contributed by atoms with Gasteiger partial charge in [0.1, 0.15) is 12.4 Å². The smallest absolute Gasteiger partial charge is 0.163 e. The number of fused-ring (bicyclic) bond motifs is 1. The molecule has 5 rings (SSSR count). The normalized spacial score (nSPS) is 22.9. The molecule has 0 radical (unpaired) electrons. The van der Waals surface area contributed by atoms with Gasteiger partial charge in [-0.05, 0) is 69.8 Å². The molecule has 5 N–H and O–H groups in total. The minimum absolute atomic E-state index is 0.0566. The number of rotatable bonds is 4. The van der Waals surface area contributed by atoms with Crippen molar-refractivity contribution in [1.82, 2.24) is 9.88 Å². The van der Waals surface area contributed by atoms with Crippen molar-refractivity contribution in [3.8, 4) is 17.6 Å². The van der Waals surface area contributed by atoms with Gasteiger partial charge in [0.2, 0.25) is 0 Å². The van der Waals surface area contributed by atoms with Crippen molar-refractivity contribution in [2.24, 2.45) is 16.1 Å². The minimum Gasteiger partial charge on any atom is -0.486 e. The van der Waals surface area contributed by atoms with Crippen LogP contribution in [0.2, 0.25) is 5.02 Å². The number of anilines is 2. The molecule has 0 spiro atoms. The second-order valence-corrected chi connectivity index (χ2v) is 10.5. The zero-order chi connectivity index (χ0) is 26.0. The number of nitrogen functional groups attached to an aromatic ring is 1. The van der Waals surface area contributed by atoms with E-state index >= 15 is 0 Å². The average Bonchev–Trinajstić information content (AvgIpc) is 2.88. The number of halogens is 1. The van der Waals surface area contributed by atoms with E-state index in [1.165, 1.54) is 0 Å². The molecule has 3 heterocycles. The summed E-state index contributed by atoms with van der Waals surface area (Å²) in [4.78, 5) is 11.2. The lowest BCUT2D eigenvalue weighted by Gasteiger charge is -2.35. The third-order valence-electron chi connectivity index (χ3n) is 6.95. The van der Waals surface area contributed by atoms with E-state index in [0.29, 0.717) is 23.1 Å². The Labute approximate surface area is 222 Å². The Morgan fingerprint density at radius 3 is 2.84 bits per heavy atom. The van der Waals surface area contributed by atoms with E-state index in [4.69, 9.17) is 27.8 Å². The number of benzene rings is 2. The molecule has 8 heteroatoms. The summed E-state index contributed by atoms with van der Waals surface area (Å²) in [6, 6.07) is 14.9. The van der Waals surface area contributed by atoms with Crippen LogP contribution < -0.4 is 21.5 Å². The van der Waals surface area contributed by atoms with Gasteiger partial charge in [-0.1, -0.05) is 35.6 Å². The topological polar surface area (TPSA) is 102 Å². The monoisotopic (exact) mass is 514 g/mol. The van der Waals surface area contributed by atoms with Crippen LogP contribution in [-0.4, -0.2) is 36.4 Å². The molecular weight excluding hydrogens is 484 g/mol. The van der Waals surface area contributed by atoms with Crippen LogP contribution in [-0.2, 0) is 12.3 Å². The summed E-state index contributed by atoms with van der Waals surface area (Å²) in [5, 5.41) is 3.65. The van der Waals surface area contributed by atoms with Crippen LogP contribution in [0.5, 0.6) is 5.75 Å². The number of piperidine rings is 1. The molecule has 2 aromatic carbocycles. The van der Waals surface area contributed by atoms with Crippen LogP contribution >= 0.6 is 11.6 Å². The van der Waals surface area contributed by atoms with Gasteiger partial charge in [-0.15, -0.1) is 0 Å². The van der Waals surface area contributed by atoms with Gasteiger partial charge >= 0.3 is 0 Å². The first-order valence-electron chi connectivity index (χ1n) is 12.3. The van der Waals surface area contributed by atoms with E-state index < -0.39 is 5.66 Å². The van der Waals surface area contributed by atoms with E-state index in [1.54, 1.807) is 24.7 Å². The number of pyridine rings is 1. The Hall–Kier alpha value is -3.57. The van der Waals surface area contributed by atoms with Crippen LogP contribution in [0.3, 0.4) is 0 Å². The van der Waals surface area contributed by atoms with E-state index in [9.17, 15) is 0 Å². The lowest BCUT2D eigenvalue weighted by Crippen LogP contribution is -2.39. The van der Waals surface area contributed by atoms with Gasteiger partial charge in [-0.2, -0.15) is 0 Å². The zero-order valence-corrected chi connectivity index (χ0v) is 21.8. The van der Waals surface area contributed by atoms with Gasteiger partial charge in [0, 0.05) is 46.2 Å². The van der Waals surface area contributed by atoms with E-state index in [0.717, 1.165) is 54.0 Å². The van der Waals surface area contributed by atoms with Crippen LogP contribution in [0.15, 0.2) is 59.7 Å². The molecule has 2 aliphatic heterocycles. The van der Waals surface area contributed by atoms with Crippen LogP contribution in [0.1, 0.15) is 42.1 Å². The van der Waals surface area contributed by atoms with Crippen molar-refractivity contribution in [3.63, 3.8) is 0 Å². The molecule has 1 fully saturated rings. The Kier molecular flexibility index (Phi) is 6.82. The number of nitrogens with one attached hydrogen (secondary N) is 1. The third-order valence-corrected chi connectivity index (χ3v) is 7.24. The molecule has 0 amide bonds. The largest absolute Gasteiger partial charge is 0.486 e. The molecule has 0 bridgehead atoms. The number of nitrogens with two attached hydrogens (primary N) is 2. The van der Waals surface area contributed by atoms with Crippen LogP contribution in [0.25, 0.3) is 0 Å². The summed E-state index contributed by atoms with van der Waals surface area (Å²) in [6.07, 6.45) is 5.55. The molecule has 2 aliphatic rings. The molecule has 0 saturated carbocycles. The van der Waals surface area contributed by atoms with Gasteiger partial charge in [0.25, 0.3) is 0 Å². The van der Waals surface area contributed by atoms with Crippen molar-refractivity contribution in [3.05, 3.63) is 82.1 Å². The van der Waals surface area contributed by atoms with Crippen LogP contribution in [0, 0.1) is 17.3 Å². The van der Waals surface area contributed by atoms with Crippen molar-refractivity contribution in [2.75, 3.05) is 31.2 Å². The first-order valence-corrected chi connectivity index (χ1v) is 12.7. The molecule has 3 aromatic rings. The molecule has 2 unspecified atom stereocenters. The zero-order valence-electron chi connectivity index (χ0n) is 21.1. The first kappa shape index (κ1) is 25.1. The Morgan fingerprint density at radius 2 is 2.08 bits per heavy atom. The number of nitrogens with zero attached hydrogens (tertiary/aromatic N) is 3. The minimum atomic E-state index is -1.16. The highest BCUT2D eigenvalue weighted by molar-refractivity contribution is 6.32. The van der Waals surface area contributed by atoms with Crippen molar-refractivity contribution < 1.29 is 4.74 Å². The number of likely N-dealkylation sites (tertiary alicyclic amines) is 1. The highest BCUT2D eigenvalue weighted by Gasteiger charge is 2.35. The Balaban J connectivity index is 1.41. The summed E-state index contributed by atoms with van der Waals surface area (Å²) >= 11 is 6.58. The molecule has 7 nitrogen and oxygen atoms in total. The van der Waals surface area contributed by atoms with Crippen molar-refractivity contribution >= 4 is 29.3 Å². The molecule has 37 heavy (non-hydrogen) atoms. The Bertz CT molecular complexity index is 1400. The van der Waals surface area contributed by atoms with Gasteiger partial charge in [0.05, 0.1) is 17.1 Å². The molecule has 1 aromatic heterocycles. The second-order valence-electron chi connectivity index (χ2n) is 10.1. The highest BCUT2D eigenvalue weighted by Crippen LogP contribution is 2.40. The second kappa shape index (κ2) is 10.1. The quantitative estimate of drug-likeness (QED) is 0.347. The van der Waals surface area contributed by atoms with Crippen molar-refractivity contribution in [1.29, 1.82) is 0 Å². The standard InChI is InChI=1S/C29H31ClN6O/c1-28(10-5-13-36(2)18-28)11-9-20-14-26-23(16-25(20)31)29(32,35-19-34-26)21-7-8-27(24(30)15-21)37-17-22-6-3-4-12-33-22/h3-4,6-8,12,14-16,19H,5,10,13,17-18,31-32H2,1-2H3,(H,34,35). The number of hydrogen-bond acceptors (Lipinski definition) is 7. The molecule has 1 saturated heterocycles. The highest BCUT2D eigenvalue weighted by atomic mass is 35.5. The lowest BCUT2D eigenvalue weighted by molar-refractivity contribution is 0.175. The molecule has 0 aliphatic carbocycles. The van der Waals surface area contributed by atoms with Gasteiger partial charge in [0.15, 0.2) is 5.66 Å². The molecule has 190 valence electrons. The van der Waals surface area contributed by atoms with Crippen LogP contribution in [0.4, 0.5) is 11.4 Å². The van der Waals surface area contributed by atoms with Gasteiger partial charge in [-0.3, -0.25) is 10.7 Å². The maximum absolute atomic E-state index is 6.88. The predicted molar refractivity (Wildman–Crippen MR) is 150 cm³/mol. The first-order chi connectivity index (χ1) is 17.8. The fraction of sp³-hybridized carbons (Fsp3) is 0.310. The third kappa shape index (κ3) is 5.28. The molecular formula is C29H31ClN6O. The fourth-order valence-corrected chi connectivity index (χ4v) is 5.20. The number of aromatic nitrogens is 1. The van der Waals surface area contributed by atoms with E-state index in [-0.39, 0.29) is 5.41 Å². The maximum Gasteiger partial charge on any atom is 0.163 e. The summed E-state index contributed by atoms with van der Waals surface area (Å²) in [5.74, 6) is 7.36. The fourth-order valence-electron chi connectivity index (χ4n) is 4.97. The SMILES string of the molecule is CN1CCCC(C)(C#Cc2cc3c(cc2N)C(N)(c2ccc(OCc4ccccn4)c(Cl)c2)N=CN3)C1.